The van der Waals surface area contributed by atoms with E-state index >= 15 is 0 Å². The summed E-state index contributed by atoms with van der Waals surface area (Å²) >= 11 is 0. The van der Waals surface area contributed by atoms with Crippen molar-refractivity contribution in [1.29, 1.82) is 0 Å². The van der Waals surface area contributed by atoms with Gasteiger partial charge in [0.05, 0.1) is 17.2 Å². The van der Waals surface area contributed by atoms with Crippen molar-refractivity contribution in [3.63, 3.8) is 0 Å². The molecule has 2 aliphatic rings. The van der Waals surface area contributed by atoms with E-state index in [-0.39, 0.29) is 11.4 Å². The topological polar surface area (TPSA) is 38.1 Å². The first-order valence-corrected chi connectivity index (χ1v) is 9.09. The summed E-state index contributed by atoms with van der Waals surface area (Å²) in [5.74, 6) is 0.173. The SMILES string of the molecule is O=c1c2ccc(F)cc2ncn1CC1CCN(C2CCCC2)CC1. The van der Waals surface area contributed by atoms with Gasteiger partial charge in [0.15, 0.2) is 0 Å². The molecule has 4 rings (SSSR count). The Hall–Kier alpha value is -1.75. The van der Waals surface area contributed by atoms with Crippen LogP contribution in [0.2, 0.25) is 0 Å². The fourth-order valence-corrected chi connectivity index (χ4v) is 4.31. The Morgan fingerprint density at radius 3 is 2.62 bits per heavy atom. The second kappa shape index (κ2) is 6.63. The number of aromatic nitrogens is 2. The predicted octanol–water partition coefficient (Wildman–Crippen LogP) is 3.19. The van der Waals surface area contributed by atoms with Gasteiger partial charge in [-0.25, -0.2) is 9.37 Å². The van der Waals surface area contributed by atoms with Gasteiger partial charge in [-0.1, -0.05) is 12.8 Å². The maximum atomic E-state index is 13.3. The lowest BCUT2D eigenvalue weighted by Gasteiger charge is -2.36. The molecule has 128 valence electrons. The molecule has 0 unspecified atom stereocenters. The van der Waals surface area contributed by atoms with Gasteiger partial charge in [-0.2, -0.15) is 0 Å². The van der Waals surface area contributed by atoms with Crippen LogP contribution < -0.4 is 5.56 Å². The molecule has 2 heterocycles. The van der Waals surface area contributed by atoms with Crippen molar-refractivity contribution >= 4 is 10.9 Å². The molecule has 5 heteroatoms. The van der Waals surface area contributed by atoms with Gasteiger partial charge >= 0.3 is 0 Å². The molecular weight excluding hydrogens is 305 g/mol. The van der Waals surface area contributed by atoms with Gasteiger partial charge in [0.25, 0.3) is 5.56 Å². The van der Waals surface area contributed by atoms with Crippen molar-refractivity contribution in [3.05, 3.63) is 40.7 Å². The van der Waals surface area contributed by atoms with Gasteiger partial charge in [-0.05, 0) is 56.8 Å². The molecule has 0 N–H and O–H groups in total. The average Bonchev–Trinajstić information content (AvgIpc) is 3.12. The van der Waals surface area contributed by atoms with E-state index in [4.69, 9.17) is 0 Å². The lowest BCUT2D eigenvalue weighted by molar-refractivity contribution is 0.127. The molecule has 0 atom stereocenters. The van der Waals surface area contributed by atoms with Gasteiger partial charge in [-0.15, -0.1) is 0 Å². The van der Waals surface area contributed by atoms with E-state index in [1.807, 2.05) is 0 Å². The second-order valence-corrected chi connectivity index (χ2v) is 7.28. The van der Waals surface area contributed by atoms with Gasteiger partial charge < -0.3 is 4.90 Å². The number of benzene rings is 1. The first kappa shape index (κ1) is 15.8. The van der Waals surface area contributed by atoms with Gasteiger partial charge in [0.1, 0.15) is 5.82 Å². The molecular formula is C19H24FN3O. The average molecular weight is 329 g/mol. The smallest absolute Gasteiger partial charge is 0.261 e. The number of hydrogen-bond acceptors (Lipinski definition) is 3. The Bertz CT molecular complexity index is 774. The van der Waals surface area contributed by atoms with Crippen LogP contribution in [0.4, 0.5) is 4.39 Å². The molecule has 0 bridgehead atoms. The van der Waals surface area contributed by atoms with E-state index in [1.54, 1.807) is 17.0 Å². The van der Waals surface area contributed by atoms with Crippen LogP contribution in [0.25, 0.3) is 10.9 Å². The molecule has 1 saturated heterocycles. The molecule has 2 aromatic rings. The van der Waals surface area contributed by atoms with E-state index < -0.39 is 0 Å². The van der Waals surface area contributed by atoms with E-state index in [1.165, 1.54) is 37.8 Å². The third-order valence-corrected chi connectivity index (χ3v) is 5.73. The first-order valence-electron chi connectivity index (χ1n) is 9.09. The van der Waals surface area contributed by atoms with Crippen molar-refractivity contribution in [2.75, 3.05) is 13.1 Å². The number of rotatable bonds is 3. The fraction of sp³-hybridized carbons (Fsp3) is 0.579. The number of likely N-dealkylation sites (tertiary alicyclic amines) is 1. The van der Waals surface area contributed by atoms with Gasteiger partial charge in [0, 0.05) is 18.7 Å². The van der Waals surface area contributed by atoms with Crippen molar-refractivity contribution in [2.45, 2.75) is 51.1 Å². The van der Waals surface area contributed by atoms with Crippen molar-refractivity contribution in [3.8, 4) is 0 Å². The zero-order chi connectivity index (χ0) is 16.5. The number of piperidine rings is 1. The largest absolute Gasteiger partial charge is 0.300 e. The molecule has 0 radical (unpaired) electrons. The number of hydrogen-bond donors (Lipinski definition) is 0. The third-order valence-electron chi connectivity index (χ3n) is 5.73. The Labute approximate surface area is 141 Å². The fourth-order valence-electron chi connectivity index (χ4n) is 4.31. The van der Waals surface area contributed by atoms with Crippen LogP contribution in [0.5, 0.6) is 0 Å². The standard InChI is InChI=1S/C19H24FN3O/c20-15-5-6-17-18(11-15)21-13-23(19(17)24)12-14-7-9-22(10-8-14)16-3-1-2-4-16/h5-6,11,13-14,16H,1-4,7-10,12H2. The predicted molar refractivity (Wildman–Crippen MR) is 92.5 cm³/mol. The summed E-state index contributed by atoms with van der Waals surface area (Å²) in [6, 6.07) is 4.99. The molecule has 1 saturated carbocycles. The van der Waals surface area contributed by atoms with Crippen LogP contribution in [0.15, 0.2) is 29.3 Å². The highest BCUT2D eigenvalue weighted by Crippen LogP contribution is 2.28. The van der Waals surface area contributed by atoms with Crippen LogP contribution in [0.1, 0.15) is 38.5 Å². The van der Waals surface area contributed by atoms with Crippen LogP contribution in [0.3, 0.4) is 0 Å². The molecule has 1 aliphatic carbocycles. The van der Waals surface area contributed by atoms with Crippen molar-refractivity contribution in [2.24, 2.45) is 5.92 Å². The zero-order valence-electron chi connectivity index (χ0n) is 14.0. The summed E-state index contributed by atoms with van der Waals surface area (Å²) in [7, 11) is 0. The third kappa shape index (κ3) is 3.09. The quantitative estimate of drug-likeness (QED) is 0.868. The molecule has 4 nitrogen and oxygen atoms in total. The number of nitrogens with zero attached hydrogens (tertiary/aromatic N) is 3. The van der Waals surface area contributed by atoms with Crippen LogP contribution in [0, 0.1) is 11.7 Å². The second-order valence-electron chi connectivity index (χ2n) is 7.28. The summed E-state index contributed by atoms with van der Waals surface area (Å²) in [5.41, 5.74) is 0.380. The minimum absolute atomic E-state index is 0.0572. The lowest BCUT2D eigenvalue weighted by atomic mass is 9.95. The normalized spacial score (nSPS) is 20.9. The van der Waals surface area contributed by atoms with Gasteiger partial charge in [-0.3, -0.25) is 9.36 Å². The summed E-state index contributed by atoms with van der Waals surface area (Å²) < 4.78 is 15.0. The summed E-state index contributed by atoms with van der Waals surface area (Å²) in [4.78, 5) is 19.5. The van der Waals surface area contributed by atoms with E-state index in [2.05, 4.69) is 9.88 Å². The maximum absolute atomic E-state index is 13.3. The monoisotopic (exact) mass is 329 g/mol. The van der Waals surface area contributed by atoms with E-state index in [0.717, 1.165) is 38.5 Å². The molecule has 1 aromatic carbocycles. The van der Waals surface area contributed by atoms with Crippen LogP contribution in [-0.2, 0) is 6.54 Å². The first-order chi connectivity index (χ1) is 11.7. The zero-order valence-corrected chi connectivity index (χ0v) is 14.0. The van der Waals surface area contributed by atoms with Crippen molar-refractivity contribution in [1.82, 2.24) is 14.5 Å². The highest BCUT2D eigenvalue weighted by Gasteiger charge is 2.27. The number of halogens is 1. The van der Waals surface area contributed by atoms with Gasteiger partial charge in [0.2, 0.25) is 0 Å². The Balaban J connectivity index is 1.44. The minimum atomic E-state index is -0.355. The Morgan fingerprint density at radius 1 is 1.12 bits per heavy atom. The molecule has 1 aromatic heterocycles. The highest BCUT2D eigenvalue weighted by molar-refractivity contribution is 5.77. The van der Waals surface area contributed by atoms with Crippen molar-refractivity contribution < 1.29 is 4.39 Å². The molecule has 0 amide bonds. The minimum Gasteiger partial charge on any atom is -0.300 e. The molecule has 0 spiro atoms. The summed E-state index contributed by atoms with van der Waals surface area (Å²) in [5, 5.41) is 0.502. The molecule has 1 aliphatic heterocycles. The number of fused-ring (bicyclic) bond motifs is 1. The Morgan fingerprint density at radius 2 is 1.88 bits per heavy atom. The van der Waals surface area contributed by atoms with Crippen LogP contribution >= 0.6 is 0 Å². The Kier molecular flexibility index (Phi) is 4.35. The maximum Gasteiger partial charge on any atom is 0.261 e. The summed E-state index contributed by atoms with van der Waals surface area (Å²) in [6.45, 7) is 3.02. The van der Waals surface area contributed by atoms with E-state index in [0.29, 0.717) is 16.8 Å². The lowest BCUT2D eigenvalue weighted by Crippen LogP contribution is -2.41. The summed E-state index contributed by atoms with van der Waals surface area (Å²) in [6.07, 6.45) is 9.33. The molecule has 24 heavy (non-hydrogen) atoms. The molecule has 2 fully saturated rings. The van der Waals surface area contributed by atoms with Crippen LogP contribution in [-0.4, -0.2) is 33.6 Å². The van der Waals surface area contributed by atoms with E-state index in [9.17, 15) is 9.18 Å². The highest BCUT2D eigenvalue weighted by atomic mass is 19.1.